The Balaban J connectivity index is 1.47. The third-order valence-electron chi connectivity index (χ3n) is 4.91. The number of benzene rings is 2. The van der Waals surface area contributed by atoms with Crippen molar-refractivity contribution in [2.45, 2.75) is 25.8 Å². The molecule has 27 heavy (non-hydrogen) atoms. The van der Waals surface area contributed by atoms with Crippen molar-refractivity contribution in [3.05, 3.63) is 83.0 Å². The maximum absolute atomic E-state index is 12.7. The first kappa shape index (κ1) is 17.5. The van der Waals surface area contributed by atoms with E-state index in [1.165, 1.54) is 5.56 Å². The van der Waals surface area contributed by atoms with Crippen molar-refractivity contribution in [1.29, 1.82) is 0 Å². The minimum atomic E-state index is -0.135. The van der Waals surface area contributed by atoms with E-state index >= 15 is 0 Å². The molecule has 0 aliphatic carbocycles. The number of aryl methyl sites for hydroxylation is 1. The zero-order valence-corrected chi connectivity index (χ0v) is 15.4. The molecule has 0 spiro atoms. The summed E-state index contributed by atoms with van der Waals surface area (Å²) in [4.78, 5) is 12.7. The minimum absolute atomic E-state index is 0.135. The molecule has 2 aromatic carbocycles. The second-order valence-electron chi connectivity index (χ2n) is 6.98. The number of nitrogens with zero attached hydrogens (tertiary/aromatic N) is 2. The molecule has 5 nitrogen and oxygen atoms in total. The van der Waals surface area contributed by atoms with Crippen LogP contribution in [0.4, 0.5) is 5.82 Å². The molecule has 1 N–H and O–H groups in total. The lowest BCUT2D eigenvalue weighted by Crippen LogP contribution is -2.14. The lowest BCUT2D eigenvalue weighted by atomic mass is 9.96. The van der Waals surface area contributed by atoms with E-state index in [0.29, 0.717) is 23.8 Å². The molecule has 1 aromatic heterocycles. The van der Waals surface area contributed by atoms with Crippen LogP contribution in [0.5, 0.6) is 0 Å². The number of hydrogen-bond acceptors (Lipinski definition) is 3. The predicted octanol–water partition coefficient (Wildman–Crippen LogP) is 4.00. The first-order chi connectivity index (χ1) is 13.2. The lowest BCUT2D eigenvalue weighted by molar-refractivity contribution is 0.102. The standard InChI is InChI=1S/C22H23N3O2/c1-16-13-25(14-17-6-3-2-4-7-17)24-21(16)23-22(26)19-9-5-8-18(12-19)20-10-11-27-15-20/h2-9,12-13,20H,10-11,14-15H2,1H3,(H,23,24,26). The van der Waals surface area contributed by atoms with Crippen molar-refractivity contribution < 1.29 is 9.53 Å². The van der Waals surface area contributed by atoms with Gasteiger partial charge in [-0.2, -0.15) is 5.10 Å². The van der Waals surface area contributed by atoms with Crippen LogP contribution in [0, 0.1) is 6.92 Å². The molecule has 138 valence electrons. The Kier molecular flexibility index (Phi) is 5.03. The van der Waals surface area contributed by atoms with E-state index in [-0.39, 0.29) is 5.91 Å². The zero-order chi connectivity index (χ0) is 18.6. The van der Waals surface area contributed by atoms with Crippen molar-refractivity contribution in [2.24, 2.45) is 0 Å². The highest BCUT2D eigenvalue weighted by Gasteiger charge is 2.19. The topological polar surface area (TPSA) is 56.2 Å². The van der Waals surface area contributed by atoms with Crippen LogP contribution in [0.3, 0.4) is 0 Å². The molecule has 5 heteroatoms. The van der Waals surface area contributed by atoms with Crippen LogP contribution in [-0.4, -0.2) is 28.9 Å². The molecule has 1 fully saturated rings. The molecule has 0 radical (unpaired) electrons. The Hall–Kier alpha value is -2.92. The van der Waals surface area contributed by atoms with E-state index in [2.05, 4.69) is 28.6 Å². The summed E-state index contributed by atoms with van der Waals surface area (Å²) in [5.74, 6) is 0.846. The predicted molar refractivity (Wildman–Crippen MR) is 105 cm³/mol. The van der Waals surface area contributed by atoms with Gasteiger partial charge in [-0.15, -0.1) is 0 Å². The third kappa shape index (κ3) is 4.09. The number of nitrogens with one attached hydrogen (secondary N) is 1. The molecule has 0 saturated carbocycles. The number of carbonyl (C=O) groups is 1. The van der Waals surface area contributed by atoms with E-state index in [9.17, 15) is 4.79 Å². The Labute approximate surface area is 159 Å². The number of rotatable bonds is 5. The molecular weight excluding hydrogens is 338 g/mol. The highest BCUT2D eigenvalue weighted by molar-refractivity contribution is 6.04. The molecule has 1 aliphatic heterocycles. The Morgan fingerprint density at radius 2 is 2.07 bits per heavy atom. The summed E-state index contributed by atoms with van der Waals surface area (Å²) in [6.45, 7) is 4.15. The fraction of sp³-hybridized carbons (Fsp3) is 0.273. The summed E-state index contributed by atoms with van der Waals surface area (Å²) in [7, 11) is 0. The lowest BCUT2D eigenvalue weighted by Gasteiger charge is -2.10. The number of ether oxygens (including phenoxy) is 1. The smallest absolute Gasteiger partial charge is 0.256 e. The summed E-state index contributed by atoms with van der Waals surface area (Å²) in [6.07, 6.45) is 2.96. The van der Waals surface area contributed by atoms with Crippen LogP contribution >= 0.6 is 0 Å². The van der Waals surface area contributed by atoms with E-state index in [4.69, 9.17) is 4.74 Å². The van der Waals surface area contributed by atoms with Gasteiger partial charge in [0.1, 0.15) is 0 Å². The van der Waals surface area contributed by atoms with Gasteiger partial charge in [0.25, 0.3) is 5.91 Å². The Morgan fingerprint density at radius 3 is 2.85 bits per heavy atom. The highest BCUT2D eigenvalue weighted by atomic mass is 16.5. The van der Waals surface area contributed by atoms with Gasteiger partial charge in [0, 0.05) is 29.8 Å². The average molecular weight is 361 g/mol. The van der Waals surface area contributed by atoms with Crippen LogP contribution in [0.2, 0.25) is 0 Å². The fourth-order valence-corrected chi connectivity index (χ4v) is 3.41. The molecule has 1 aliphatic rings. The van der Waals surface area contributed by atoms with E-state index in [1.807, 2.05) is 54.2 Å². The molecule has 3 aromatic rings. The normalized spacial score (nSPS) is 16.4. The quantitative estimate of drug-likeness (QED) is 0.747. The summed E-state index contributed by atoms with van der Waals surface area (Å²) in [5, 5.41) is 7.48. The Morgan fingerprint density at radius 1 is 1.22 bits per heavy atom. The van der Waals surface area contributed by atoms with Crippen molar-refractivity contribution in [3.63, 3.8) is 0 Å². The van der Waals surface area contributed by atoms with Gasteiger partial charge >= 0.3 is 0 Å². The van der Waals surface area contributed by atoms with E-state index in [0.717, 1.165) is 30.8 Å². The summed E-state index contributed by atoms with van der Waals surface area (Å²) >= 11 is 0. The second-order valence-corrected chi connectivity index (χ2v) is 6.98. The minimum Gasteiger partial charge on any atom is -0.381 e. The molecule has 1 saturated heterocycles. The van der Waals surface area contributed by atoms with Crippen molar-refractivity contribution >= 4 is 11.7 Å². The van der Waals surface area contributed by atoms with Crippen LogP contribution in [0.15, 0.2) is 60.8 Å². The van der Waals surface area contributed by atoms with Crippen molar-refractivity contribution in [1.82, 2.24) is 9.78 Å². The van der Waals surface area contributed by atoms with Gasteiger partial charge in [-0.3, -0.25) is 9.48 Å². The molecular formula is C22H23N3O2. The number of anilines is 1. The third-order valence-corrected chi connectivity index (χ3v) is 4.91. The van der Waals surface area contributed by atoms with Crippen LogP contribution in [-0.2, 0) is 11.3 Å². The average Bonchev–Trinajstić information content (AvgIpc) is 3.33. The maximum Gasteiger partial charge on any atom is 0.256 e. The van der Waals surface area contributed by atoms with Gasteiger partial charge in [-0.1, -0.05) is 42.5 Å². The fourth-order valence-electron chi connectivity index (χ4n) is 3.41. The molecule has 1 unspecified atom stereocenters. The van der Waals surface area contributed by atoms with Gasteiger partial charge in [0.2, 0.25) is 0 Å². The van der Waals surface area contributed by atoms with E-state index in [1.54, 1.807) is 0 Å². The number of hydrogen-bond donors (Lipinski definition) is 1. The van der Waals surface area contributed by atoms with Crippen molar-refractivity contribution in [3.8, 4) is 0 Å². The van der Waals surface area contributed by atoms with Crippen LogP contribution in [0.1, 0.15) is 39.4 Å². The first-order valence-electron chi connectivity index (χ1n) is 9.26. The van der Waals surface area contributed by atoms with Gasteiger partial charge in [-0.05, 0) is 36.6 Å². The van der Waals surface area contributed by atoms with E-state index < -0.39 is 0 Å². The summed E-state index contributed by atoms with van der Waals surface area (Å²) in [6, 6.07) is 17.9. The zero-order valence-electron chi connectivity index (χ0n) is 15.4. The molecule has 2 heterocycles. The maximum atomic E-state index is 12.7. The molecule has 1 amide bonds. The van der Waals surface area contributed by atoms with Gasteiger partial charge in [0.15, 0.2) is 5.82 Å². The SMILES string of the molecule is Cc1cn(Cc2ccccc2)nc1NC(=O)c1cccc(C2CCOC2)c1. The van der Waals surface area contributed by atoms with Crippen LogP contribution < -0.4 is 5.32 Å². The van der Waals surface area contributed by atoms with Gasteiger partial charge in [-0.25, -0.2) is 0 Å². The highest BCUT2D eigenvalue weighted by Crippen LogP contribution is 2.26. The summed E-state index contributed by atoms with van der Waals surface area (Å²) < 4.78 is 7.32. The molecule has 1 atom stereocenters. The first-order valence-corrected chi connectivity index (χ1v) is 9.26. The van der Waals surface area contributed by atoms with Gasteiger partial charge in [0.05, 0.1) is 13.2 Å². The van der Waals surface area contributed by atoms with Crippen molar-refractivity contribution in [2.75, 3.05) is 18.5 Å². The second kappa shape index (κ2) is 7.76. The Bertz CT molecular complexity index is 928. The summed E-state index contributed by atoms with van der Waals surface area (Å²) in [5.41, 5.74) is 3.92. The molecule has 0 bridgehead atoms. The largest absolute Gasteiger partial charge is 0.381 e. The molecule has 4 rings (SSSR count). The number of amides is 1. The number of carbonyl (C=O) groups excluding carboxylic acids is 1. The monoisotopic (exact) mass is 361 g/mol. The van der Waals surface area contributed by atoms with Gasteiger partial charge < -0.3 is 10.1 Å². The van der Waals surface area contributed by atoms with Crippen LogP contribution in [0.25, 0.3) is 0 Å². The number of aromatic nitrogens is 2.